The monoisotopic (exact) mass is 660 g/mol. The third kappa shape index (κ3) is 8.90. The molecule has 47 heavy (non-hydrogen) atoms. The third-order valence-corrected chi connectivity index (χ3v) is 8.07. The lowest BCUT2D eigenvalue weighted by atomic mass is 9.98. The standard InChI is InChI=1S/C36H41ClN4O6/c1-35(2,3)47-34(44)40-21-28-11-6-23(19-38-28)20-39-31(42)13-12-29-17-27-16-26(18-30(37)32(27)46-29)24-7-9-25(10-8-24)33(43)41-14-15-45-22-36(41,4)5/h6-13,16,18-19,29H,14-15,17,20-22H2,1-5H3,(H,39,42)(H,40,44). The fraction of sp³-hybridized carbons (Fsp3) is 0.389. The van der Waals surface area contributed by atoms with Gasteiger partial charge in [0, 0.05) is 42.9 Å². The first-order valence-corrected chi connectivity index (χ1v) is 16.0. The largest absolute Gasteiger partial charge is 0.484 e. The third-order valence-electron chi connectivity index (χ3n) is 7.79. The van der Waals surface area contributed by atoms with E-state index < -0.39 is 11.7 Å². The van der Waals surface area contributed by atoms with E-state index in [-0.39, 0.29) is 30.0 Å². The van der Waals surface area contributed by atoms with Gasteiger partial charge < -0.3 is 29.7 Å². The van der Waals surface area contributed by atoms with E-state index >= 15 is 0 Å². The fourth-order valence-electron chi connectivity index (χ4n) is 5.40. The summed E-state index contributed by atoms with van der Waals surface area (Å²) in [7, 11) is 0. The molecule has 0 bridgehead atoms. The molecule has 2 aliphatic heterocycles. The molecule has 0 aliphatic carbocycles. The molecule has 248 valence electrons. The molecule has 2 N–H and O–H groups in total. The molecule has 0 saturated carbocycles. The Hall–Kier alpha value is -4.41. The molecule has 2 aromatic carbocycles. The molecule has 0 radical (unpaired) electrons. The molecule has 1 atom stereocenters. The zero-order valence-electron chi connectivity index (χ0n) is 27.4. The summed E-state index contributed by atoms with van der Waals surface area (Å²) in [5.74, 6) is 0.337. The Labute approximate surface area is 280 Å². The fourth-order valence-corrected chi connectivity index (χ4v) is 5.68. The molecule has 2 aliphatic rings. The Morgan fingerprint density at radius 2 is 1.83 bits per heavy atom. The topological polar surface area (TPSA) is 119 Å². The average Bonchev–Trinajstić information content (AvgIpc) is 3.45. The van der Waals surface area contributed by atoms with E-state index in [1.807, 2.05) is 61.2 Å². The lowest BCUT2D eigenvalue weighted by molar-refractivity contribution is -0.116. The number of carbonyl (C=O) groups is 3. The van der Waals surface area contributed by atoms with Crippen molar-refractivity contribution in [1.82, 2.24) is 20.5 Å². The van der Waals surface area contributed by atoms with E-state index in [1.54, 1.807) is 39.1 Å². The Morgan fingerprint density at radius 1 is 1.06 bits per heavy atom. The molecule has 10 nitrogen and oxygen atoms in total. The molecular weight excluding hydrogens is 620 g/mol. The van der Waals surface area contributed by atoms with E-state index in [2.05, 4.69) is 15.6 Å². The Morgan fingerprint density at radius 3 is 2.51 bits per heavy atom. The number of morpholine rings is 1. The molecule has 3 amide bonds. The van der Waals surface area contributed by atoms with E-state index in [0.717, 1.165) is 22.3 Å². The van der Waals surface area contributed by atoms with Crippen molar-refractivity contribution >= 4 is 29.5 Å². The van der Waals surface area contributed by atoms with Crippen molar-refractivity contribution in [2.24, 2.45) is 0 Å². The van der Waals surface area contributed by atoms with Crippen molar-refractivity contribution in [2.75, 3.05) is 19.8 Å². The summed E-state index contributed by atoms with van der Waals surface area (Å²) in [5.41, 5.74) is 4.00. The second-order valence-electron chi connectivity index (χ2n) is 13.3. The average molecular weight is 661 g/mol. The number of nitrogens with one attached hydrogen (secondary N) is 2. The molecule has 3 heterocycles. The van der Waals surface area contributed by atoms with Crippen LogP contribution in [0, 0.1) is 0 Å². The maximum absolute atomic E-state index is 13.2. The van der Waals surface area contributed by atoms with Gasteiger partial charge in [0.1, 0.15) is 17.5 Å². The number of halogens is 1. The minimum atomic E-state index is -0.571. The lowest BCUT2D eigenvalue weighted by Crippen LogP contribution is -2.55. The molecule has 1 saturated heterocycles. The van der Waals surface area contributed by atoms with Crippen LogP contribution >= 0.6 is 11.6 Å². The number of fused-ring (bicyclic) bond motifs is 1. The van der Waals surface area contributed by atoms with Gasteiger partial charge in [-0.1, -0.05) is 29.8 Å². The van der Waals surface area contributed by atoms with Crippen LogP contribution in [0.25, 0.3) is 11.1 Å². The van der Waals surface area contributed by atoms with Gasteiger partial charge in [-0.3, -0.25) is 14.6 Å². The maximum Gasteiger partial charge on any atom is 0.407 e. The van der Waals surface area contributed by atoms with Gasteiger partial charge in [0.25, 0.3) is 5.91 Å². The number of nitrogens with zero attached hydrogens (tertiary/aromatic N) is 2. The normalized spacial score (nSPS) is 17.1. The molecule has 5 rings (SSSR count). The van der Waals surface area contributed by atoms with Crippen LogP contribution < -0.4 is 15.4 Å². The Bertz CT molecular complexity index is 1650. The molecular formula is C36H41ClN4O6. The molecule has 11 heteroatoms. The van der Waals surface area contributed by atoms with Crippen LogP contribution in [-0.2, 0) is 33.8 Å². The Kier molecular flexibility index (Phi) is 10.2. The van der Waals surface area contributed by atoms with Crippen LogP contribution in [0.1, 0.15) is 61.8 Å². The lowest BCUT2D eigenvalue weighted by Gasteiger charge is -2.42. The summed E-state index contributed by atoms with van der Waals surface area (Å²) in [5, 5.41) is 6.01. The van der Waals surface area contributed by atoms with Crippen molar-refractivity contribution in [1.29, 1.82) is 0 Å². The number of carbonyl (C=O) groups excluding carboxylic acids is 3. The highest BCUT2D eigenvalue weighted by Gasteiger charge is 2.34. The minimum absolute atomic E-state index is 0.0110. The zero-order chi connectivity index (χ0) is 33.8. The number of pyridine rings is 1. The number of alkyl carbamates (subject to hydrolysis) is 1. The number of hydrogen-bond acceptors (Lipinski definition) is 7. The highest BCUT2D eigenvalue weighted by Crippen LogP contribution is 2.40. The smallest absolute Gasteiger partial charge is 0.407 e. The summed E-state index contributed by atoms with van der Waals surface area (Å²) in [6.45, 7) is 11.6. The van der Waals surface area contributed by atoms with Crippen molar-refractivity contribution in [2.45, 2.75) is 71.4 Å². The number of benzene rings is 2. The molecule has 0 spiro atoms. The summed E-state index contributed by atoms with van der Waals surface area (Å²) in [4.78, 5) is 43.8. The van der Waals surface area contributed by atoms with Crippen molar-refractivity contribution in [3.63, 3.8) is 0 Å². The van der Waals surface area contributed by atoms with E-state index in [0.29, 0.717) is 54.8 Å². The highest BCUT2D eigenvalue weighted by molar-refractivity contribution is 6.32. The van der Waals surface area contributed by atoms with Crippen LogP contribution in [-0.4, -0.2) is 64.8 Å². The first-order chi connectivity index (χ1) is 22.3. The second kappa shape index (κ2) is 14.1. The van der Waals surface area contributed by atoms with Gasteiger partial charge in [-0.05, 0) is 87.7 Å². The van der Waals surface area contributed by atoms with Crippen LogP contribution in [0.5, 0.6) is 5.75 Å². The van der Waals surface area contributed by atoms with Gasteiger partial charge in [0.2, 0.25) is 5.91 Å². The Balaban J connectivity index is 1.12. The number of rotatable bonds is 8. The molecule has 1 fully saturated rings. The summed E-state index contributed by atoms with van der Waals surface area (Å²) in [6, 6.07) is 15.1. The summed E-state index contributed by atoms with van der Waals surface area (Å²) in [6.07, 6.45) is 4.57. The van der Waals surface area contributed by atoms with Gasteiger partial charge in [-0.25, -0.2) is 4.79 Å². The van der Waals surface area contributed by atoms with Gasteiger partial charge in [-0.2, -0.15) is 0 Å². The second-order valence-corrected chi connectivity index (χ2v) is 13.7. The zero-order valence-corrected chi connectivity index (χ0v) is 28.1. The molecule has 3 aromatic rings. The predicted octanol–water partition coefficient (Wildman–Crippen LogP) is 5.85. The first kappa shape index (κ1) is 33.9. The number of ether oxygens (including phenoxy) is 3. The maximum atomic E-state index is 13.2. The van der Waals surface area contributed by atoms with Crippen LogP contribution in [0.2, 0.25) is 5.02 Å². The van der Waals surface area contributed by atoms with Crippen LogP contribution in [0.4, 0.5) is 4.79 Å². The first-order valence-electron chi connectivity index (χ1n) is 15.6. The predicted molar refractivity (Wildman–Crippen MR) is 179 cm³/mol. The van der Waals surface area contributed by atoms with Gasteiger partial charge in [0.15, 0.2) is 0 Å². The van der Waals surface area contributed by atoms with Crippen molar-refractivity contribution < 1.29 is 28.6 Å². The summed E-state index contributed by atoms with van der Waals surface area (Å²) < 4.78 is 16.8. The van der Waals surface area contributed by atoms with Gasteiger partial charge in [0.05, 0.1) is 36.0 Å². The minimum Gasteiger partial charge on any atom is -0.484 e. The SMILES string of the molecule is CC(C)(C)OC(=O)NCc1ccc(CNC(=O)C=CC2Cc3cc(-c4ccc(C(=O)N5CCOCC5(C)C)cc4)cc(Cl)c3O2)cn1. The number of aromatic nitrogens is 1. The van der Waals surface area contributed by atoms with Crippen molar-refractivity contribution in [3.8, 4) is 16.9 Å². The van der Waals surface area contributed by atoms with Crippen LogP contribution in [0.3, 0.4) is 0 Å². The number of hydrogen-bond donors (Lipinski definition) is 2. The molecule has 1 unspecified atom stereocenters. The van der Waals surface area contributed by atoms with E-state index in [4.69, 9.17) is 25.8 Å². The summed E-state index contributed by atoms with van der Waals surface area (Å²) >= 11 is 6.62. The van der Waals surface area contributed by atoms with E-state index in [9.17, 15) is 14.4 Å². The van der Waals surface area contributed by atoms with Crippen molar-refractivity contribution in [3.05, 3.63) is 94.3 Å². The van der Waals surface area contributed by atoms with Gasteiger partial charge >= 0.3 is 6.09 Å². The molecule has 1 aromatic heterocycles. The quantitative estimate of drug-likeness (QED) is 0.291. The number of amides is 3. The highest BCUT2D eigenvalue weighted by atomic mass is 35.5. The van der Waals surface area contributed by atoms with Gasteiger partial charge in [-0.15, -0.1) is 0 Å². The van der Waals surface area contributed by atoms with E-state index in [1.165, 1.54) is 6.08 Å². The van der Waals surface area contributed by atoms with Crippen LogP contribution in [0.15, 0.2) is 66.9 Å².